The third kappa shape index (κ3) is 4.12. The van der Waals surface area contributed by atoms with Crippen molar-refractivity contribution in [2.24, 2.45) is 0 Å². The van der Waals surface area contributed by atoms with E-state index in [2.05, 4.69) is 61.8 Å². The van der Waals surface area contributed by atoms with Crippen molar-refractivity contribution in [3.63, 3.8) is 0 Å². The maximum absolute atomic E-state index is 4.68. The van der Waals surface area contributed by atoms with E-state index in [0.29, 0.717) is 6.04 Å². The molecule has 6 heteroatoms. The molecule has 0 bridgehead atoms. The molecule has 1 atom stereocenters. The lowest BCUT2D eigenvalue weighted by Gasteiger charge is -2.35. The molecular formula is C21H30N6. The summed E-state index contributed by atoms with van der Waals surface area (Å²) in [6.07, 6.45) is 7.18. The van der Waals surface area contributed by atoms with Gasteiger partial charge in [-0.3, -0.25) is 9.88 Å². The Labute approximate surface area is 162 Å². The van der Waals surface area contributed by atoms with Gasteiger partial charge in [0.1, 0.15) is 12.1 Å². The lowest BCUT2D eigenvalue weighted by Crippen LogP contribution is -2.46. The van der Waals surface area contributed by atoms with Crippen LogP contribution in [0.5, 0.6) is 0 Å². The Morgan fingerprint density at radius 1 is 1.15 bits per heavy atom. The minimum absolute atomic E-state index is 0.376. The number of hydrogen-bond acceptors (Lipinski definition) is 6. The maximum atomic E-state index is 4.68. The Balaban J connectivity index is 1.44. The predicted molar refractivity (Wildman–Crippen MR) is 108 cm³/mol. The molecule has 2 aliphatic rings. The van der Waals surface area contributed by atoms with E-state index in [1.54, 1.807) is 6.33 Å². The Hall–Kier alpha value is -2.05. The minimum atomic E-state index is 0.376. The topological polar surface area (TPSA) is 48.4 Å². The number of fused-ring (bicyclic) bond motifs is 1. The highest BCUT2D eigenvalue weighted by Gasteiger charge is 2.25. The van der Waals surface area contributed by atoms with Crippen LogP contribution in [-0.2, 0) is 13.0 Å². The number of piperazine rings is 1. The zero-order valence-electron chi connectivity index (χ0n) is 16.5. The normalized spacial score (nSPS) is 20.7. The first-order valence-electron chi connectivity index (χ1n) is 10.2. The Morgan fingerprint density at radius 3 is 2.81 bits per heavy atom. The fourth-order valence-corrected chi connectivity index (χ4v) is 4.32. The lowest BCUT2D eigenvalue weighted by atomic mass is 9.91. The SMILES string of the molecule is CCN1CCN(c2cc(CN(C)C3CCCc4cccnc43)ncn2)CC1. The molecule has 27 heavy (non-hydrogen) atoms. The third-order valence-electron chi connectivity index (χ3n) is 5.96. The highest BCUT2D eigenvalue weighted by molar-refractivity contribution is 5.39. The molecule has 1 aliphatic carbocycles. The number of nitrogens with zero attached hydrogens (tertiary/aromatic N) is 6. The average Bonchev–Trinajstić information content (AvgIpc) is 2.73. The molecule has 1 unspecified atom stereocenters. The summed E-state index contributed by atoms with van der Waals surface area (Å²) in [5, 5.41) is 0. The summed E-state index contributed by atoms with van der Waals surface area (Å²) in [4.78, 5) is 21.0. The molecule has 4 rings (SSSR count). The van der Waals surface area contributed by atoms with Crippen LogP contribution in [0.25, 0.3) is 0 Å². The van der Waals surface area contributed by atoms with Crippen LogP contribution in [0.15, 0.2) is 30.7 Å². The molecule has 2 aromatic heterocycles. The van der Waals surface area contributed by atoms with Crippen LogP contribution in [0.2, 0.25) is 0 Å². The Bertz CT molecular complexity index is 756. The van der Waals surface area contributed by atoms with Gasteiger partial charge in [0.25, 0.3) is 0 Å². The van der Waals surface area contributed by atoms with E-state index < -0.39 is 0 Å². The van der Waals surface area contributed by atoms with Crippen LogP contribution in [-0.4, -0.2) is 64.5 Å². The number of aryl methyl sites for hydroxylation is 1. The van der Waals surface area contributed by atoms with E-state index in [9.17, 15) is 0 Å². The lowest BCUT2D eigenvalue weighted by molar-refractivity contribution is 0.206. The van der Waals surface area contributed by atoms with Gasteiger partial charge < -0.3 is 9.80 Å². The summed E-state index contributed by atoms with van der Waals surface area (Å²) in [5.41, 5.74) is 3.73. The van der Waals surface area contributed by atoms with Crippen molar-refractivity contribution in [3.8, 4) is 0 Å². The molecule has 6 nitrogen and oxygen atoms in total. The van der Waals surface area contributed by atoms with Gasteiger partial charge in [0.05, 0.1) is 17.4 Å². The van der Waals surface area contributed by atoms with Crippen molar-refractivity contribution in [3.05, 3.63) is 47.7 Å². The monoisotopic (exact) mass is 366 g/mol. The Morgan fingerprint density at radius 2 is 2.00 bits per heavy atom. The summed E-state index contributed by atoms with van der Waals surface area (Å²) in [6, 6.07) is 6.82. The van der Waals surface area contributed by atoms with Gasteiger partial charge in [0, 0.05) is 45.0 Å². The zero-order chi connectivity index (χ0) is 18.6. The van der Waals surface area contributed by atoms with Gasteiger partial charge in [-0.05, 0) is 44.5 Å². The molecule has 0 amide bonds. The number of aromatic nitrogens is 3. The van der Waals surface area contributed by atoms with Crippen LogP contribution >= 0.6 is 0 Å². The molecule has 1 saturated heterocycles. The smallest absolute Gasteiger partial charge is 0.132 e. The van der Waals surface area contributed by atoms with Crippen LogP contribution in [0.1, 0.15) is 42.8 Å². The highest BCUT2D eigenvalue weighted by Crippen LogP contribution is 2.32. The first kappa shape index (κ1) is 18.3. The Kier molecular flexibility index (Phi) is 5.64. The van der Waals surface area contributed by atoms with Gasteiger partial charge in [-0.2, -0.15) is 0 Å². The molecule has 0 N–H and O–H groups in total. The van der Waals surface area contributed by atoms with Crippen molar-refractivity contribution in [2.75, 3.05) is 44.7 Å². The van der Waals surface area contributed by atoms with Crippen molar-refractivity contribution in [1.82, 2.24) is 24.8 Å². The van der Waals surface area contributed by atoms with Crippen molar-refractivity contribution in [2.45, 2.75) is 38.8 Å². The van der Waals surface area contributed by atoms with Crippen molar-refractivity contribution >= 4 is 5.82 Å². The molecule has 1 fully saturated rings. The summed E-state index contributed by atoms with van der Waals surface area (Å²) in [7, 11) is 2.19. The third-order valence-corrected chi connectivity index (χ3v) is 5.96. The van der Waals surface area contributed by atoms with E-state index in [1.165, 1.54) is 17.7 Å². The van der Waals surface area contributed by atoms with Gasteiger partial charge in [-0.1, -0.05) is 13.0 Å². The second kappa shape index (κ2) is 8.31. The standard InChI is InChI=1S/C21H30N6/c1-3-26-10-12-27(13-11-26)20-14-18(23-16-24-20)15-25(2)19-8-4-6-17-7-5-9-22-21(17)19/h5,7,9,14,16,19H,3-4,6,8,10-13,15H2,1-2H3. The van der Waals surface area contributed by atoms with Crippen LogP contribution < -0.4 is 4.90 Å². The zero-order valence-corrected chi connectivity index (χ0v) is 16.5. The number of rotatable bonds is 5. The molecule has 0 saturated carbocycles. The van der Waals surface area contributed by atoms with E-state index in [0.717, 1.165) is 63.6 Å². The molecular weight excluding hydrogens is 336 g/mol. The van der Waals surface area contributed by atoms with Crippen molar-refractivity contribution < 1.29 is 0 Å². The molecule has 144 valence electrons. The summed E-state index contributed by atoms with van der Waals surface area (Å²) < 4.78 is 0. The van der Waals surface area contributed by atoms with Gasteiger partial charge in [-0.25, -0.2) is 9.97 Å². The van der Waals surface area contributed by atoms with Gasteiger partial charge >= 0.3 is 0 Å². The van der Waals surface area contributed by atoms with E-state index in [4.69, 9.17) is 0 Å². The summed E-state index contributed by atoms with van der Waals surface area (Å²) in [5.74, 6) is 1.06. The van der Waals surface area contributed by atoms with Crippen molar-refractivity contribution in [1.29, 1.82) is 0 Å². The second-order valence-electron chi connectivity index (χ2n) is 7.66. The molecule has 3 heterocycles. The number of likely N-dealkylation sites (N-methyl/N-ethyl adjacent to an activating group) is 1. The maximum Gasteiger partial charge on any atom is 0.132 e. The largest absolute Gasteiger partial charge is 0.354 e. The molecule has 0 radical (unpaired) electrons. The van der Waals surface area contributed by atoms with Gasteiger partial charge in [0.2, 0.25) is 0 Å². The summed E-state index contributed by atoms with van der Waals surface area (Å²) >= 11 is 0. The fourth-order valence-electron chi connectivity index (χ4n) is 4.32. The first-order chi connectivity index (χ1) is 13.2. The first-order valence-corrected chi connectivity index (χ1v) is 10.2. The molecule has 0 spiro atoms. The van der Waals surface area contributed by atoms with Gasteiger partial charge in [0.15, 0.2) is 0 Å². The predicted octanol–water partition coefficient (Wildman–Crippen LogP) is 2.52. The van der Waals surface area contributed by atoms with E-state index in [-0.39, 0.29) is 0 Å². The number of hydrogen-bond donors (Lipinski definition) is 0. The fraction of sp³-hybridized carbons (Fsp3) is 0.571. The van der Waals surface area contributed by atoms with Gasteiger partial charge in [-0.15, -0.1) is 0 Å². The second-order valence-corrected chi connectivity index (χ2v) is 7.66. The number of pyridine rings is 1. The quantitative estimate of drug-likeness (QED) is 0.810. The molecule has 1 aliphatic heterocycles. The molecule has 2 aromatic rings. The van der Waals surface area contributed by atoms with E-state index in [1.807, 2.05) is 6.20 Å². The van der Waals surface area contributed by atoms with Crippen LogP contribution in [0.3, 0.4) is 0 Å². The number of anilines is 1. The average molecular weight is 367 g/mol. The van der Waals surface area contributed by atoms with E-state index >= 15 is 0 Å². The molecule has 0 aromatic carbocycles. The van der Waals surface area contributed by atoms with Crippen LogP contribution in [0, 0.1) is 0 Å². The summed E-state index contributed by atoms with van der Waals surface area (Å²) in [6.45, 7) is 8.49. The highest BCUT2D eigenvalue weighted by atomic mass is 15.3. The minimum Gasteiger partial charge on any atom is -0.354 e. The van der Waals surface area contributed by atoms with Crippen LogP contribution in [0.4, 0.5) is 5.82 Å².